The SMILES string of the molecule is C=C(C)CCC/C(C)=C\C[C@H](OCC[Si](C)(C)C)/C(C)=C/c1csc(C)n1. The zero-order chi connectivity index (χ0) is 20.4. The molecule has 0 spiro atoms. The van der Waals surface area contributed by atoms with Gasteiger partial charge in [0.05, 0.1) is 16.8 Å². The Bertz CT molecular complexity index is 652. The van der Waals surface area contributed by atoms with Gasteiger partial charge in [0.2, 0.25) is 0 Å². The van der Waals surface area contributed by atoms with Gasteiger partial charge >= 0.3 is 0 Å². The van der Waals surface area contributed by atoms with Crippen LogP contribution in [0.25, 0.3) is 6.08 Å². The van der Waals surface area contributed by atoms with Gasteiger partial charge in [-0.15, -0.1) is 17.9 Å². The van der Waals surface area contributed by atoms with Gasteiger partial charge in [-0.05, 0) is 71.1 Å². The van der Waals surface area contributed by atoms with Crippen LogP contribution in [0.5, 0.6) is 0 Å². The average Bonchev–Trinajstić information content (AvgIpc) is 2.94. The van der Waals surface area contributed by atoms with Crippen LogP contribution in [0.1, 0.15) is 57.2 Å². The van der Waals surface area contributed by atoms with E-state index >= 15 is 0 Å². The Labute approximate surface area is 172 Å². The first kappa shape index (κ1) is 24.1. The normalized spacial score (nSPS) is 14.5. The van der Waals surface area contributed by atoms with Crippen molar-refractivity contribution in [2.75, 3.05) is 6.61 Å². The minimum absolute atomic E-state index is 0.138. The van der Waals surface area contributed by atoms with Crippen LogP contribution >= 0.6 is 11.3 Å². The largest absolute Gasteiger partial charge is 0.374 e. The Kier molecular flexibility index (Phi) is 10.5. The molecule has 0 saturated heterocycles. The van der Waals surface area contributed by atoms with E-state index in [-0.39, 0.29) is 6.10 Å². The molecular formula is C23H39NOSSi. The van der Waals surface area contributed by atoms with Gasteiger partial charge in [-0.25, -0.2) is 4.98 Å². The Hall–Kier alpha value is -0.973. The van der Waals surface area contributed by atoms with Crippen LogP contribution in [0.4, 0.5) is 0 Å². The molecule has 0 amide bonds. The molecule has 27 heavy (non-hydrogen) atoms. The lowest BCUT2D eigenvalue weighted by Gasteiger charge is -2.21. The van der Waals surface area contributed by atoms with Crippen LogP contribution in [0.2, 0.25) is 25.7 Å². The van der Waals surface area contributed by atoms with Crippen molar-refractivity contribution in [2.45, 2.75) is 85.2 Å². The van der Waals surface area contributed by atoms with E-state index in [4.69, 9.17) is 4.74 Å². The van der Waals surface area contributed by atoms with Gasteiger partial charge in [-0.2, -0.15) is 0 Å². The van der Waals surface area contributed by atoms with Gasteiger partial charge in [-0.1, -0.05) is 36.9 Å². The third-order valence-corrected chi connectivity index (χ3v) is 7.04. The number of aromatic nitrogens is 1. The molecule has 0 aliphatic carbocycles. The molecule has 1 atom stereocenters. The molecule has 0 aliphatic rings. The molecule has 1 heterocycles. The van der Waals surface area contributed by atoms with Gasteiger partial charge < -0.3 is 4.74 Å². The number of rotatable bonds is 12. The zero-order valence-corrected chi connectivity index (χ0v) is 20.3. The standard InChI is InChI=1S/C23H39NOSSi/c1-18(2)10-9-11-19(3)12-13-23(25-14-15-27(6,7)8)20(4)16-22-17-26-21(5)24-22/h12,16-17,23H,1,9-11,13-15H2,2-8H3/b19-12-,20-16+/t23-/m0/s1. The van der Waals surface area contributed by atoms with E-state index < -0.39 is 8.07 Å². The summed E-state index contributed by atoms with van der Waals surface area (Å²) in [5.41, 5.74) is 5.04. The van der Waals surface area contributed by atoms with Crippen molar-refractivity contribution in [3.63, 3.8) is 0 Å². The molecule has 1 aromatic rings. The molecule has 0 saturated carbocycles. The maximum atomic E-state index is 6.34. The second-order valence-electron chi connectivity index (χ2n) is 8.95. The van der Waals surface area contributed by atoms with Crippen molar-refractivity contribution in [2.24, 2.45) is 0 Å². The van der Waals surface area contributed by atoms with E-state index in [1.807, 2.05) is 0 Å². The third-order valence-electron chi connectivity index (χ3n) is 4.55. The van der Waals surface area contributed by atoms with Crippen LogP contribution in [0.3, 0.4) is 0 Å². The maximum absolute atomic E-state index is 6.34. The molecule has 0 unspecified atom stereocenters. The molecule has 0 fully saturated rings. The summed E-state index contributed by atoms with van der Waals surface area (Å²) in [6.45, 7) is 20.6. The Morgan fingerprint density at radius 1 is 1.26 bits per heavy atom. The van der Waals surface area contributed by atoms with Gasteiger partial charge in [0.1, 0.15) is 0 Å². The molecule has 4 heteroatoms. The number of thiazole rings is 1. The first-order chi connectivity index (χ1) is 12.6. The topological polar surface area (TPSA) is 22.1 Å². The van der Waals surface area contributed by atoms with Gasteiger partial charge in [0.25, 0.3) is 0 Å². The van der Waals surface area contributed by atoms with Crippen molar-refractivity contribution in [1.82, 2.24) is 4.98 Å². The van der Waals surface area contributed by atoms with Gasteiger partial charge in [0.15, 0.2) is 0 Å². The highest BCUT2D eigenvalue weighted by molar-refractivity contribution is 7.09. The summed E-state index contributed by atoms with van der Waals surface area (Å²) >= 11 is 1.70. The lowest BCUT2D eigenvalue weighted by Crippen LogP contribution is -2.24. The fourth-order valence-electron chi connectivity index (χ4n) is 2.74. The molecule has 0 aromatic carbocycles. The lowest BCUT2D eigenvalue weighted by atomic mass is 10.0. The first-order valence-electron chi connectivity index (χ1n) is 10.1. The van der Waals surface area contributed by atoms with E-state index in [2.05, 4.69) is 76.4 Å². The number of aryl methyl sites for hydroxylation is 1. The Morgan fingerprint density at radius 3 is 2.52 bits per heavy atom. The second-order valence-corrected chi connectivity index (χ2v) is 15.6. The molecule has 0 radical (unpaired) electrons. The van der Waals surface area contributed by atoms with Crippen molar-refractivity contribution < 1.29 is 4.74 Å². The Morgan fingerprint density at radius 2 is 1.96 bits per heavy atom. The second kappa shape index (κ2) is 11.8. The summed E-state index contributed by atoms with van der Waals surface area (Å²) in [6, 6.07) is 1.20. The number of hydrogen-bond donors (Lipinski definition) is 0. The number of nitrogens with zero attached hydrogens (tertiary/aromatic N) is 1. The monoisotopic (exact) mass is 405 g/mol. The quantitative estimate of drug-likeness (QED) is 0.263. The van der Waals surface area contributed by atoms with Gasteiger partial charge in [0, 0.05) is 20.1 Å². The minimum Gasteiger partial charge on any atom is -0.374 e. The highest BCUT2D eigenvalue weighted by Gasteiger charge is 2.16. The minimum atomic E-state index is -1.08. The van der Waals surface area contributed by atoms with E-state index in [9.17, 15) is 0 Å². The zero-order valence-electron chi connectivity index (χ0n) is 18.5. The van der Waals surface area contributed by atoms with Crippen molar-refractivity contribution >= 4 is 25.5 Å². The van der Waals surface area contributed by atoms with Gasteiger partial charge in [-0.3, -0.25) is 0 Å². The summed E-state index contributed by atoms with van der Waals surface area (Å²) in [7, 11) is -1.08. The highest BCUT2D eigenvalue weighted by atomic mass is 32.1. The molecule has 2 nitrogen and oxygen atoms in total. The summed E-state index contributed by atoms with van der Waals surface area (Å²) in [5, 5.41) is 3.23. The van der Waals surface area contributed by atoms with Crippen LogP contribution in [-0.2, 0) is 4.74 Å². The summed E-state index contributed by atoms with van der Waals surface area (Å²) in [4.78, 5) is 4.57. The van der Waals surface area contributed by atoms with Crippen molar-refractivity contribution in [1.29, 1.82) is 0 Å². The summed E-state index contributed by atoms with van der Waals surface area (Å²) < 4.78 is 6.34. The smallest absolute Gasteiger partial charge is 0.0901 e. The molecule has 1 rings (SSSR count). The lowest BCUT2D eigenvalue weighted by molar-refractivity contribution is 0.0903. The summed E-state index contributed by atoms with van der Waals surface area (Å²) in [5.74, 6) is 0. The van der Waals surface area contributed by atoms with Crippen LogP contribution in [-0.4, -0.2) is 25.8 Å². The van der Waals surface area contributed by atoms with E-state index in [1.54, 1.807) is 11.3 Å². The predicted molar refractivity (Wildman–Crippen MR) is 125 cm³/mol. The molecule has 0 N–H and O–H groups in total. The predicted octanol–water partition coefficient (Wildman–Crippen LogP) is 7.66. The van der Waals surface area contributed by atoms with E-state index in [0.717, 1.165) is 36.6 Å². The average molecular weight is 406 g/mol. The number of hydrogen-bond acceptors (Lipinski definition) is 3. The molecular weight excluding hydrogens is 366 g/mol. The van der Waals surface area contributed by atoms with Crippen molar-refractivity contribution in [3.05, 3.63) is 45.5 Å². The summed E-state index contributed by atoms with van der Waals surface area (Å²) in [6.07, 6.45) is 9.07. The molecule has 152 valence electrons. The molecule has 0 bridgehead atoms. The maximum Gasteiger partial charge on any atom is 0.0901 e. The molecule has 1 aromatic heterocycles. The van der Waals surface area contributed by atoms with Crippen molar-refractivity contribution in [3.8, 4) is 0 Å². The number of allylic oxidation sites excluding steroid dienone is 2. The molecule has 0 aliphatic heterocycles. The third kappa shape index (κ3) is 11.5. The van der Waals surface area contributed by atoms with E-state index in [1.165, 1.54) is 29.2 Å². The van der Waals surface area contributed by atoms with Crippen LogP contribution in [0, 0.1) is 6.92 Å². The highest BCUT2D eigenvalue weighted by Crippen LogP contribution is 2.20. The van der Waals surface area contributed by atoms with Crippen LogP contribution in [0.15, 0.2) is 34.8 Å². The fourth-order valence-corrected chi connectivity index (χ4v) is 4.05. The Balaban J connectivity index is 2.74. The van der Waals surface area contributed by atoms with Crippen LogP contribution < -0.4 is 0 Å². The van der Waals surface area contributed by atoms with E-state index in [0.29, 0.717) is 0 Å². The fraction of sp³-hybridized carbons (Fsp3) is 0.609. The number of ether oxygens (including phenoxy) is 1. The first-order valence-corrected chi connectivity index (χ1v) is 14.7.